The van der Waals surface area contributed by atoms with Gasteiger partial charge in [0.05, 0.1) is 20.1 Å². The topological polar surface area (TPSA) is 47.6 Å². The number of carbonyl (C=O) groups excluding carboxylic acids is 1. The number of rotatable bonds is 5. The van der Waals surface area contributed by atoms with Gasteiger partial charge in [-0.25, -0.2) is 0 Å². The van der Waals surface area contributed by atoms with Crippen LogP contribution in [0.3, 0.4) is 0 Å². The summed E-state index contributed by atoms with van der Waals surface area (Å²) in [6.07, 6.45) is 2.39. The second kappa shape index (κ2) is 7.39. The fraction of sp³-hybridized carbons (Fsp3) is 0.350. The molecular weight excluding hydrogens is 302 g/mol. The maximum atomic E-state index is 11.4. The van der Waals surface area contributed by atoms with Crippen LogP contribution in [-0.4, -0.2) is 26.7 Å². The normalized spacial score (nSPS) is 16.0. The van der Waals surface area contributed by atoms with Crippen LogP contribution in [0.25, 0.3) is 0 Å². The Balaban J connectivity index is 1.64. The Morgan fingerprint density at radius 1 is 1.21 bits per heavy atom. The Morgan fingerprint density at radius 3 is 2.67 bits per heavy atom. The van der Waals surface area contributed by atoms with E-state index in [2.05, 4.69) is 23.5 Å². The summed E-state index contributed by atoms with van der Waals surface area (Å²) in [6, 6.07) is 14.3. The van der Waals surface area contributed by atoms with Crippen molar-refractivity contribution < 1.29 is 14.3 Å². The number of nitrogens with one attached hydrogen (secondary N) is 1. The first-order chi connectivity index (χ1) is 11.7. The molecule has 1 aliphatic heterocycles. The van der Waals surface area contributed by atoms with Crippen molar-refractivity contribution in [2.75, 3.05) is 20.8 Å². The summed E-state index contributed by atoms with van der Waals surface area (Å²) < 4.78 is 11.3. The zero-order chi connectivity index (χ0) is 16.9. The van der Waals surface area contributed by atoms with E-state index < -0.39 is 0 Å². The van der Waals surface area contributed by atoms with Crippen molar-refractivity contribution in [1.82, 2.24) is 5.32 Å². The van der Waals surface area contributed by atoms with Gasteiger partial charge in [-0.15, -0.1) is 0 Å². The van der Waals surface area contributed by atoms with E-state index >= 15 is 0 Å². The molecule has 1 aliphatic rings. The molecule has 0 aromatic heterocycles. The molecule has 0 radical (unpaired) electrons. The summed E-state index contributed by atoms with van der Waals surface area (Å²) in [6.45, 7) is 0.702. The molecule has 4 nitrogen and oxygen atoms in total. The van der Waals surface area contributed by atoms with E-state index in [9.17, 15) is 4.79 Å². The van der Waals surface area contributed by atoms with Crippen molar-refractivity contribution in [3.05, 3.63) is 59.2 Å². The largest absolute Gasteiger partial charge is 0.493 e. The van der Waals surface area contributed by atoms with E-state index in [4.69, 9.17) is 9.47 Å². The first kappa shape index (κ1) is 16.4. The predicted octanol–water partition coefficient (Wildman–Crippen LogP) is 2.78. The standard InChI is InChI=1S/C20H23NO3/c1-21-19(22)12-15-8-6-14(7-9-15)10-16-11-17-4-3-5-18(23-2)20(17)24-13-16/h3-9,16H,10-13H2,1-2H3,(H,21,22)/t16-/m0/s1. The average Bonchev–Trinajstić information content (AvgIpc) is 2.62. The van der Waals surface area contributed by atoms with Gasteiger partial charge in [0.1, 0.15) is 0 Å². The maximum Gasteiger partial charge on any atom is 0.224 e. The number of carbonyl (C=O) groups is 1. The lowest BCUT2D eigenvalue weighted by Gasteiger charge is -2.26. The molecule has 24 heavy (non-hydrogen) atoms. The summed E-state index contributed by atoms with van der Waals surface area (Å²) in [5.74, 6) is 2.19. The SMILES string of the molecule is CNC(=O)Cc1ccc(C[C@@H]2COc3c(cccc3OC)C2)cc1. The van der Waals surface area contributed by atoms with E-state index in [-0.39, 0.29) is 5.91 Å². The highest BCUT2D eigenvalue weighted by atomic mass is 16.5. The van der Waals surface area contributed by atoms with Gasteiger partial charge in [-0.1, -0.05) is 36.4 Å². The second-order valence-corrected chi connectivity index (χ2v) is 6.20. The first-order valence-corrected chi connectivity index (χ1v) is 8.26. The minimum Gasteiger partial charge on any atom is -0.493 e. The lowest BCUT2D eigenvalue weighted by atomic mass is 9.90. The van der Waals surface area contributed by atoms with E-state index in [1.807, 2.05) is 24.3 Å². The summed E-state index contributed by atoms with van der Waals surface area (Å²) in [5, 5.41) is 2.65. The van der Waals surface area contributed by atoms with Crippen LogP contribution in [-0.2, 0) is 24.1 Å². The van der Waals surface area contributed by atoms with Gasteiger partial charge in [0.2, 0.25) is 5.91 Å². The van der Waals surface area contributed by atoms with Crippen LogP contribution in [0.1, 0.15) is 16.7 Å². The van der Waals surface area contributed by atoms with Gasteiger partial charge in [-0.05, 0) is 35.6 Å². The van der Waals surface area contributed by atoms with Gasteiger partial charge in [0.15, 0.2) is 11.5 Å². The highest BCUT2D eigenvalue weighted by molar-refractivity contribution is 5.78. The van der Waals surface area contributed by atoms with Crippen LogP contribution in [0, 0.1) is 5.92 Å². The zero-order valence-electron chi connectivity index (χ0n) is 14.2. The van der Waals surface area contributed by atoms with E-state index in [1.165, 1.54) is 11.1 Å². The van der Waals surface area contributed by atoms with Crippen LogP contribution in [0.15, 0.2) is 42.5 Å². The molecule has 0 unspecified atom stereocenters. The van der Waals surface area contributed by atoms with Crippen molar-refractivity contribution in [2.24, 2.45) is 5.92 Å². The van der Waals surface area contributed by atoms with Crippen molar-refractivity contribution >= 4 is 5.91 Å². The molecule has 0 saturated carbocycles. The molecule has 0 fully saturated rings. The Hall–Kier alpha value is -2.49. The minimum atomic E-state index is 0.0361. The molecule has 2 aromatic carbocycles. The van der Waals surface area contributed by atoms with Crippen LogP contribution in [0.2, 0.25) is 0 Å². The van der Waals surface area contributed by atoms with Crippen LogP contribution >= 0.6 is 0 Å². The summed E-state index contributed by atoms with van der Waals surface area (Å²) >= 11 is 0. The molecule has 1 heterocycles. The van der Waals surface area contributed by atoms with Gasteiger partial charge in [0.25, 0.3) is 0 Å². The highest BCUT2D eigenvalue weighted by Gasteiger charge is 2.22. The average molecular weight is 325 g/mol. The monoisotopic (exact) mass is 325 g/mol. The van der Waals surface area contributed by atoms with Crippen molar-refractivity contribution in [3.63, 3.8) is 0 Å². The molecule has 1 N–H and O–H groups in total. The van der Waals surface area contributed by atoms with Crippen LogP contribution in [0.4, 0.5) is 0 Å². The second-order valence-electron chi connectivity index (χ2n) is 6.20. The van der Waals surface area contributed by atoms with Gasteiger partial charge in [-0.3, -0.25) is 4.79 Å². The van der Waals surface area contributed by atoms with Crippen molar-refractivity contribution in [3.8, 4) is 11.5 Å². The zero-order valence-corrected chi connectivity index (χ0v) is 14.2. The van der Waals surface area contributed by atoms with E-state index in [0.29, 0.717) is 18.9 Å². The molecule has 1 amide bonds. The summed E-state index contributed by atoms with van der Waals surface area (Å²) in [4.78, 5) is 11.4. The minimum absolute atomic E-state index is 0.0361. The molecule has 2 aromatic rings. The lowest BCUT2D eigenvalue weighted by Crippen LogP contribution is -2.23. The summed E-state index contributed by atoms with van der Waals surface area (Å²) in [5.41, 5.74) is 3.52. The molecule has 126 valence electrons. The van der Waals surface area contributed by atoms with Crippen molar-refractivity contribution in [1.29, 1.82) is 0 Å². The van der Waals surface area contributed by atoms with Crippen LogP contribution in [0.5, 0.6) is 11.5 Å². The predicted molar refractivity (Wildman–Crippen MR) is 93.6 cm³/mol. The fourth-order valence-corrected chi connectivity index (χ4v) is 3.15. The number of para-hydroxylation sites is 1. The molecule has 0 bridgehead atoms. The molecule has 4 heteroatoms. The van der Waals surface area contributed by atoms with Crippen molar-refractivity contribution in [2.45, 2.75) is 19.3 Å². The Bertz CT molecular complexity index is 709. The third-order valence-electron chi connectivity index (χ3n) is 4.44. The van der Waals surface area contributed by atoms with Gasteiger partial charge < -0.3 is 14.8 Å². The third-order valence-corrected chi connectivity index (χ3v) is 4.44. The number of hydrogen-bond acceptors (Lipinski definition) is 3. The number of methoxy groups -OCH3 is 1. The maximum absolute atomic E-state index is 11.4. The third kappa shape index (κ3) is 3.70. The number of hydrogen-bond donors (Lipinski definition) is 1. The number of ether oxygens (including phenoxy) is 2. The Morgan fingerprint density at radius 2 is 1.96 bits per heavy atom. The van der Waals surface area contributed by atoms with Gasteiger partial charge >= 0.3 is 0 Å². The molecule has 0 saturated heterocycles. The smallest absolute Gasteiger partial charge is 0.224 e. The summed E-state index contributed by atoms with van der Waals surface area (Å²) in [7, 11) is 3.33. The highest BCUT2D eigenvalue weighted by Crippen LogP contribution is 2.36. The lowest BCUT2D eigenvalue weighted by molar-refractivity contribution is -0.119. The molecule has 1 atom stereocenters. The van der Waals surface area contributed by atoms with Gasteiger partial charge in [0, 0.05) is 13.0 Å². The van der Waals surface area contributed by atoms with E-state index in [1.54, 1.807) is 14.2 Å². The Kier molecular flexibility index (Phi) is 5.04. The number of amides is 1. The fourth-order valence-electron chi connectivity index (χ4n) is 3.15. The number of fused-ring (bicyclic) bond motifs is 1. The molecular formula is C20H23NO3. The van der Waals surface area contributed by atoms with Gasteiger partial charge in [-0.2, -0.15) is 0 Å². The quantitative estimate of drug-likeness (QED) is 0.919. The Labute approximate surface area is 142 Å². The number of likely N-dealkylation sites (N-methyl/N-ethyl adjacent to an activating group) is 1. The molecule has 3 rings (SSSR count). The first-order valence-electron chi connectivity index (χ1n) is 8.26. The number of benzene rings is 2. The van der Waals surface area contributed by atoms with Crippen LogP contribution < -0.4 is 14.8 Å². The van der Waals surface area contributed by atoms with E-state index in [0.717, 1.165) is 29.9 Å². The molecule has 0 aliphatic carbocycles. The molecule has 0 spiro atoms.